The highest BCUT2D eigenvalue weighted by Crippen LogP contribution is 2.12. The maximum Gasteiger partial charge on any atom is 0.0589 e. The Morgan fingerprint density at radius 1 is 1.35 bits per heavy atom. The van der Waals surface area contributed by atoms with Gasteiger partial charge in [0.15, 0.2) is 0 Å². The number of methoxy groups -OCH3 is 1. The van der Waals surface area contributed by atoms with Crippen LogP contribution in [0.3, 0.4) is 0 Å². The zero-order valence-electron chi connectivity index (χ0n) is 11.8. The summed E-state index contributed by atoms with van der Waals surface area (Å²) in [4.78, 5) is 2.52. The molecule has 1 N–H and O–H groups in total. The number of rotatable bonds is 10. The van der Waals surface area contributed by atoms with Crippen molar-refractivity contribution in [2.75, 3.05) is 33.4 Å². The molecule has 3 heteroatoms. The van der Waals surface area contributed by atoms with Gasteiger partial charge in [-0.2, -0.15) is 0 Å². The van der Waals surface area contributed by atoms with Gasteiger partial charge in [-0.05, 0) is 19.8 Å². The molecule has 0 amide bonds. The summed E-state index contributed by atoms with van der Waals surface area (Å²) in [5.74, 6) is 2.61. The normalized spacial score (nSPS) is 13.0. The van der Waals surface area contributed by atoms with E-state index in [-0.39, 0.29) is 0 Å². The topological polar surface area (TPSA) is 24.5 Å². The zero-order valence-corrected chi connectivity index (χ0v) is 11.8. The largest absolute Gasteiger partial charge is 0.383 e. The Kier molecular flexibility index (Phi) is 10.2. The minimum absolute atomic E-state index is 0.489. The van der Waals surface area contributed by atoms with E-state index in [0.29, 0.717) is 18.6 Å². The fourth-order valence-corrected chi connectivity index (χ4v) is 2.19. The van der Waals surface area contributed by atoms with E-state index in [1.807, 2.05) is 0 Å². The van der Waals surface area contributed by atoms with Crippen LogP contribution in [0.1, 0.15) is 33.6 Å². The van der Waals surface area contributed by atoms with Gasteiger partial charge in [-0.25, -0.2) is 0 Å². The Morgan fingerprint density at radius 3 is 2.47 bits per heavy atom. The third-order valence-corrected chi connectivity index (χ3v) is 3.20. The molecular formula is C14H28N2O. The van der Waals surface area contributed by atoms with Crippen molar-refractivity contribution in [1.29, 1.82) is 0 Å². The lowest BCUT2D eigenvalue weighted by Gasteiger charge is -2.35. The fraction of sp³-hybridized carbons (Fsp3) is 0.857. The van der Waals surface area contributed by atoms with Gasteiger partial charge in [-0.3, -0.25) is 4.90 Å². The molecule has 0 aromatic rings. The minimum atomic E-state index is 0.489. The van der Waals surface area contributed by atoms with Gasteiger partial charge in [-0.15, -0.1) is 6.42 Å². The van der Waals surface area contributed by atoms with Gasteiger partial charge in [0.1, 0.15) is 0 Å². The maximum absolute atomic E-state index is 5.24. The number of ether oxygens (including phenoxy) is 1. The van der Waals surface area contributed by atoms with Crippen LogP contribution in [0.4, 0.5) is 0 Å². The van der Waals surface area contributed by atoms with Gasteiger partial charge in [-0.1, -0.05) is 19.8 Å². The third kappa shape index (κ3) is 6.68. The van der Waals surface area contributed by atoms with Crippen molar-refractivity contribution in [2.45, 2.75) is 45.7 Å². The smallest absolute Gasteiger partial charge is 0.0589 e. The predicted octanol–water partition coefficient (Wildman–Crippen LogP) is 1.73. The first-order valence-electron chi connectivity index (χ1n) is 6.60. The van der Waals surface area contributed by atoms with Crippen molar-refractivity contribution >= 4 is 0 Å². The van der Waals surface area contributed by atoms with E-state index in [0.717, 1.165) is 19.7 Å². The molecule has 0 fully saturated rings. The molecule has 0 saturated heterocycles. The summed E-state index contributed by atoms with van der Waals surface area (Å²) < 4.78 is 5.19. The number of hydrogen-bond acceptors (Lipinski definition) is 3. The molecule has 0 heterocycles. The Hall–Kier alpha value is -0.560. The van der Waals surface area contributed by atoms with Crippen molar-refractivity contribution in [1.82, 2.24) is 10.2 Å². The molecule has 0 spiro atoms. The molecule has 0 radical (unpaired) electrons. The van der Waals surface area contributed by atoms with Gasteiger partial charge >= 0.3 is 0 Å². The molecule has 0 aromatic carbocycles. The van der Waals surface area contributed by atoms with Gasteiger partial charge in [0.2, 0.25) is 0 Å². The van der Waals surface area contributed by atoms with E-state index >= 15 is 0 Å². The Morgan fingerprint density at radius 2 is 2.00 bits per heavy atom. The molecule has 17 heavy (non-hydrogen) atoms. The second-order valence-corrected chi connectivity index (χ2v) is 4.38. The standard InChI is InChI=1S/C14H28N2O/c1-6-9-15-12-13(4)16(10-11-17-5)14(7-2)8-3/h1,13-15H,7-12H2,2-5H3. The van der Waals surface area contributed by atoms with E-state index in [9.17, 15) is 0 Å². The van der Waals surface area contributed by atoms with Crippen LogP contribution >= 0.6 is 0 Å². The minimum Gasteiger partial charge on any atom is -0.383 e. The molecule has 3 nitrogen and oxygen atoms in total. The molecule has 100 valence electrons. The first-order chi connectivity index (χ1) is 8.21. The molecule has 0 aromatic heterocycles. The Balaban J connectivity index is 4.27. The summed E-state index contributed by atoms with van der Waals surface area (Å²) in [6.45, 7) is 10.1. The quantitative estimate of drug-likeness (QED) is 0.465. The van der Waals surface area contributed by atoms with Crippen LogP contribution in [0.2, 0.25) is 0 Å². The molecule has 0 saturated carbocycles. The number of terminal acetylenes is 1. The molecule has 1 atom stereocenters. The highest BCUT2D eigenvalue weighted by Gasteiger charge is 2.20. The van der Waals surface area contributed by atoms with Crippen molar-refractivity contribution in [3.05, 3.63) is 0 Å². The van der Waals surface area contributed by atoms with Crippen LogP contribution in [0.25, 0.3) is 0 Å². The van der Waals surface area contributed by atoms with Crippen LogP contribution < -0.4 is 5.32 Å². The molecule has 0 aliphatic heterocycles. The second kappa shape index (κ2) is 10.6. The zero-order chi connectivity index (χ0) is 13.1. The van der Waals surface area contributed by atoms with E-state index < -0.39 is 0 Å². The lowest BCUT2D eigenvalue weighted by atomic mass is 10.1. The number of nitrogens with zero attached hydrogens (tertiary/aromatic N) is 1. The number of nitrogens with one attached hydrogen (secondary N) is 1. The molecule has 0 aliphatic carbocycles. The summed E-state index contributed by atoms with van der Waals surface area (Å²) in [5.41, 5.74) is 0. The average Bonchev–Trinajstić information content (AvgIpc) is 2.34. The lowest BCUT2D eigenvalue weighted by molar-refractivity contribution is 0.0855. The van der Waals surface area contributed by atoms with Crippen LogP contribution in [0.15, 0.2) is 0 Å². The van der Waals surface area contributed by atoms with Crippen molar-refractivity contribution < 1.29 is 4.74 Å². The van der Waals surface area contributed by atoms with Crippen molar-refractivity contribution in [2.24, 2.45) is 0 Å². The predicted molar refractivity (Wildman–Crippen MR) is 74.1 cm³/mol. The summed E-state index contributed by atoms with van der Waals surface area (Å²) in [6.07, 6.45) is 7.60. The summed E-state index contributed by atoms with van der Waals surface area (Å²) in [7, 11) is 1.76. The average molecular weight is 240 g/mol. The first-order valence-corrected chi connectivity index (χ1v) is 6.60. The van der Waals surface area contributed by atoms with E-state index in [1.54, 1.807) is 7.11 Å². The van der Waals surface area contributed by atoms with Crippen LogP contribution in [-0.2, 0) is 4.74 Å². The SMILES string of the molecule is C#CCNCC(C)N(CCOC)C(CC)CC. The fourth-order valence-electron chi connectivity index (χ4n) is 2.19. The molecule has 0 rings (SSSR count). The van der Waals surface area contributed by atoms with Gasteiger partial charge < -0.3 is 10.1 Å². The van der Waals surface area contributed by atoms with E-state index in [2.05, 4.69) is 36.9 Å². The lowest BCUT2D eigenvalue weighted by Crippen LogP contribution is -2.47. The second-order valence-electron chi connectivity index (χ2n) is 4.38. The summed E-state index contributed by atoms with van der Waals surface area (Å²) >= 11 is 0. The maximum atomic E-state index is 5.24. The van der Waals surface area contributed by atoms with Crippen molar-refractivity contribution in [3.8, 4) is 12.3 Å². The summed E-state index contributed by atoms with van der Waals surface area (Å²) in [5, 5.41) is 3.28. The Labute approximate surface area is 107 Å². The molecule has 0 bridgehead atoms. The van der Waals surface area contributed by atoms with E-state index in [4.69, 9.17) is 11.2 Å². The third-order valence-electron chi connectivity index (χ3n) is 3.20. The highest BCUT2D eigenvalue weighted by molar-refractivity contribution is 4.87. The van der Waals surface area contributed by atoms with Gasteiger partial charge in [0.05, 0.1) is 13.2 Å². The van der Waals surface area contributed by atoms with Gasteiger partial charge in [0.25, 0.3) is 0 Å². The number of hydrogen-bond donors (Lipinski definition) is 1. The van der Waals surface area contributed by atoms with Crippen molar-refractivity contribution in [3.63, 3.8) is 0 Å². The highest BCUT2D eigenvalue weighted by atomic mass is 16.5. The molecular weight excluding hydrogens is 212 g/mol. The van der Waals surface area contributed by atoms with E-state index in [1.165, 1.54) is 12.8 Å². The monoisotopic (exact) mass is 240 g/mol. The summed E-state index contributed by atoms with van der Waals surface area (Å²) in [6, 6.07) is 1.12. The first kappa shape index (κ1) is 16.4. The Bertz CT molecular complexity index is 209. The molecule has 0 aliphatic rings. The van der Waals surface area contributed by atoms with Gasteiger partial charge in [0, 0.05) is 32.3 Å². The van der Waals surface area contributed by atoms with Crippen LogP contribution in [0, 0.1) is 12.3 Å². The van der Waals surface area contributed by atoms with Crippen LogP contribution in [0.5, 0.6) is 0 Å². The molecule has 1 unspecified atom stereocenters. The van der Waals surface area contributed by atoms with Crippen LogP contribution in [-0.4, -0.2) is 50.3 Å².